The van der Waals surface area contributed by atoms with Crippen LogP contribution in [-0.2, 0) is 11.2 Å². The largest absolute Gasteiger partial charge is 0.326 e. The molecule has 4 rings (SSSR count). The molecule has 1 fully saturated rings. The minimum Gasteiger partial charge on any atom is -0.326 e. The van der Waals surface area contributed by atoms with Crippen LogP contribution in [0.5, 0.6) is 0 Å². The highest BCUT2D eigenvalue weighted by atomic mass is 16.1. The third-order valence-corrected chi connectivity index (χ3v) is 4.43. The molecule has 1 aliphatic rings. The highest BCUT2D eigenvalue weighted by Gasteiger charge is 2.28. The Bertz CT molecular complexity index is 975. The SMILES string of the molecule is O=C(CCc1nc2ccccc2c(=O)n1C1CC1)Nc1ccccc1. The summed E-state index contributed by atoms with van der Waals surface area (Å²) >= 11 is 0. The number of carbonyl (C=O) groups is 1. The molecule has 5 heteroatoms. The maximum absolute atomic E-state index is 12.8. The van der Waals surface area contributed by atoms with Gasteiger partial charge in [0.05, 0.1) is 10.9 Å². The van der Waals surface area contributed by atoms with E-state index in [4.69, 9.17) is 0 Å². The highest BCUT2D eigenvalue weighted by Crippen LogP contribution is 2.34. The molecule has 0 radical (unpaired) electrons. The van der Waals surface area contributed by atoms with Crippen LogP contribution in [-0.4, -0.2) is 15.5 Å². The molecule has 1 heterocycles. The molecule has 0 bridgehead atoms. The van der Waals surface area contributed by atoms with Crippen molar-refractivity contribution in [2.24, 2.45) is 0 Å². The Morgan fingerprint density at radius 1 is 1.08 bits per heavy atom. The number of hydrogen-bond donors (Lipinski definition) is 1. The number of hydrogen-bond acceptors (Lipinski definition) is 3. The first kappa shape index (κ1) is 15.6. The second kappa shape index (κ2) is 6.51. The van der Waals surface area contributed by atoms with Gasteiger partial charge in [0.15, 0.2) is 0 Å². The summed E-state index contributed by atoms with van der Waals surface area (Å²) in [6.45, 7) is 0. The fraction of sp³-hybridized carbons (Fsp3) is 0.250. The molecule has 126 valence electrons. The number of aryl methyl sites for hydroxylation is 1. The summed E-state index contributed by atoms with van der Waals surface area (Å²) in [5, 5.41) is 3.52. The average Bonchev–Trinajstić information content (AvgIpc) is 3.46. The highest BCUT2D eigenvalue weighted by molar-refractivity contribution is 5.90. The van der Waals surface area contributed by atoms with E-state index in [9.17, 15) is 9.59 Å². The number of fused-ring (bicyclic) bond motifs is 1. The summed E-state index contributed by atoms with van der Waals surface area (Å²) in [5.74, 6) is 0.630. The lowest BCUT2D eigenvalue weighted by Crippen LogP contribution is -2.25. The van der Waals surface area contributed by atoms with Crippen molar-refractivity contribution >= 4 is 22.5 Å². The average molecular weight is 333 g/mol. The normalized spacial score (nSPS) is 13.8. The van der Waals surface area contributed by atoms with Gasteiger partial charge in [0.2, 0.25) is 5.91 Å². The lowest BCUT2D eigenvalue weighted by molar-refractivity contribution is -0.116. The van der Waals surface area contributed by atoms with Crippen molar-refractivity contribution in [2.75, 3.05) is 5.32 Å². The van der Waals surface area contributed by atoms with Crippen LogP contribution in [0, 0.1) is 0 Å². The number of para-hydroxylation sites is 2. The van der Waals surface area contributed by atoms with Crippen molar-refractivity contribution in [3.05, 3.63) is 70.8 Å². The second-order valence-corrected chi connectivity index (χ2v) is 6.37. The van der Waals surface area contributed by atoms with Gasteiger partial charge in [0.1, 0.15) is 5.82 Å². The van der Waals surface area contributed by atoms with Crippen LogP contribution in [0.1, 0.15) is 31.1 Å². The third-order valence-electron chi connectivity index (χ3n) is 4.43. The molecule has 1 aromatic heterocycles. The number of rotatable bonds is 5. The standard InChI is InChI=1S/C20H19N3O2/c24-19(21-14-6-2-1-3-7-14)13-12-18-22-17-9-5-4-8-16(17)20(25)23(18)15-10-11-15/h1-9,15H,10-13H2,(H,21,24). The molecule has 3 aromatic rings. The molecule has 0 atom stereocenters. The number of benzene rings is 2. The minimum absolute atomic E-state index is 0.00608. The van der Waals surface area contributed by atoms with E-state index in [0.717, 1.165) is 18.5 Å². The number of carbonyl (C=O) groups excluding carboxylic acids is 1. The Morgan fingerprint density at radius 3 is 2.56 bits per heavy atom. The number of aromatic nitrogens is 2. The molecule has 1 N–H and O–H groups in total. The van der Waals surface area contributed by atoms with Gasteiger partial charge in [-0.1, -0.05) is 30.3 Å². The van der Waals surface area contributed by atoms with E-state index < -0.39 is 0 Å². The van der Waals surface area contributed by atoms with Gasteiger partial charge in [-0.2, -0.15) is 0 Å². The summed E-state index contributed by atoms with van der Waals surface area (Å²) in [6.07, 6.45) is 2.76. The monoisotopic (exact) mass is 333 g/mol. The van der Waals surface area contributed by atoms with E-state index in [1.54, 1.807) is 4.57 Å². The molecule has 1 saturated carbocycles. The quantitative estimate of drug-likeness (QED) is 0.779. The van der Waals surface area contributed by atoms with E-state index in [1.165, 1.54) is 0 Å². The first-order valence-corrected chi connectivity index (χ1v) is 8.57. The lowest BCUT2D eigenvalue weighted by atomic mass is 10.2. The van der Waals surface area contributed by atoms with Crippen molar-refractivity contribution < 1.29 is 4.79 Å². The van der Waals surface area contributed by atoms with E-state index in [-0.39, 0.29) is 17.5 Å². The van der Waals surface area contributed by atoms with Gasteiger partial charge >= 0.3 is 0 Å². The summed E-state index contributed by atoms with van der Waals surface area (Å²) in [6, 6.07) is 17.0. The molecule has 2 aromatic carbocycles. The number of nitrogens with one attached hydrogen (secondary N) is 1. The van der Waals surface area contributed by atoms with Crippen LogP contribution in [0.15, 0.2) is 59.4 Å². The lowest BCUT2D eigenvalue weighted by Gasteiger charge is -2.13. The van der Waals surface area contributed by atoms with Gasteiger partial charge in [-0.05, 0) is 37.1 Å². The van der Waals surface area contributed by atoms with Crippen LogP contribution in [0.4, 0.5) is 5.69 Å². The predicted molar refractivity (Wildman–Crippen MR) is 97.7 cm³/mol. The number of nitrogens with zero attached hydrogens (tertiary/aromatic N) is 2. The Balaban J connectivity index is 1.57. The zero-order chi connectivity index (χ0) is 17.2. The fourth-order valence-corrected chi connectivity index (χ4v) is 3.05. The second-order valence-electron chi connectivity index (χ2n) is 6.37. The minimum atomic E-state index is -0.0732. The molecular weight excluding hydrogens is 314 g/mol. The zero-order valence-electron chi connectivity index (χ0n) is 13.8. The number of amides is 1. The van der Waals surface area contributed by atoms with Gasteiger partial charge in [0.25, 0.3) is 5.56 Å². The molecule has 0 unspecified atom stereocenters. The molecule has 0 aliphatic heterocycles. The van der Waals surface area contributed by atoms with Crippen LogP contribution in [0.25, 0.3) is 10.9 Å². The van der Waals surface area contributed by atoms with Crippen LogP contribution in [0.3, 0.4) is 0 Å². The van der Waals surface area contributed by atoms with E-state index >= 15 is 0 Å². The van der Waals surface area contributed by atoms with Gasteiger partial charge in [-0.15, -0.1) is 0 Å². The van der Waals surface area contributed by atoms with Crippen LogP contribution >= 0.6 is 0 Å². The Labute approximate surface area is 145 Å². The Kier molecular flexibility index (Phi) is 4.06. The molecule has 0 saturated heterocycles. The first-order valence-electron chi connectivity index (χ1n) is 8.57. The summed E-state index contributed by atoms with van der Waals surface area (Å²) < 4.78 is 1.79. The maximum atomic E-state index is 12.8. The molecule has 5 nitrogen and oxygen atoms in total. The number of anilines is 1. The third kappa shape index (κ3) is 3.31. The molecule has 1 amide bonds. The van der Waals surface area contributed by atoms with Crippen molar-refractivity contribution in [2.45, 2.75) is 31.7 Å². The summed E-state index contributed by atoms with van der Waals surface area (Å²) in [4.78, 5) is 29.7. The van der Waals surface area contributed by atoms with Crippen LogP contribution in [0.2, 0.25) is 0 Å². The topological polar surface area (TPSA) is 64.0 Å². The molecule has 25 heavy (non-hydrogen) atoms. The van der Waals surface area contributed by atoms with Crippen molar-refractivity contribution in [3.63, 3.8) is 0 Å². The van der Waals surface area contributed by atoms with Gasteiger partial charge in [-0.3, -0.25) is 14.2 Å². The van der Waals surface area contributed by atoms with Gasteiger partial charge in [0, 0.05) is 24.6 Å². The molecule has 0 spiro atoms. The van der Waals surface area contributed by atoms with Crippen molar-refractivity contribution in [1.29, 1.82) is 0 Å². The van der Waals surface area contributed by atoms with E-state index in [2.05, 4.69) is 10.3 Å². The smallest absolute Gasteiger partial charge is 0.261 e. The zero-order valence-corrected chi connectivity index (χ0v) is 13.8. The maximum Gasteiger partial charge on any atom is 0.261 e. The van der Waals surface area contributed by atoms with Gasteiger partial charge < -0.3 is 5.32 Å². The van der Waals surface area contributed by atoms with E-state index in [1.807, 2.05) is 54.6 Å². The Morgan fingerprint density at radius 2 is 1.80 bits per heavy atom. The van der Waals surface area contributed by atoms with Crippen molar-refractivity contribution in [3.8, 4) is 0 Å². The van der Waals surface area contributed by atoms with Crippen LogP contribution < -0.4 is 10.9 Å². The van der Waals surface area contributed by atoms with Gasteiger partial charge in [-0.25, -0.2) is 4.98 Å². The fourth-order valence-electron chi connectivity index (χ4n) is 3.05. The summed E-state index contributed by atoms with van der Waals surface area (Å²) in [7, 11) is 0. The van der Waals surface area contributed by atoms with E-state index in [0.29, 0.717) is 29.6 Å². The Hall–Kier alpha value is -2.95. The van der Waals surface area contributed by atoms with Crippen molar-refractivity contribution in [1.82, 2.24) is 9.55 Å². The predicted octanol–water partition coefficient (Wildman–Crippen LogP) is 3.30. The molecule has 1 aliphatic carbocycles. The summed E-state index contributed by atoms with van der Waals surface area (Å²) in [5.41, 5.74) is 1.48. The molecular formula is C20H19N3O2. The first-order chi connectivity index (χ1) is 12.2.